The van der Waals surface area contributed by atoms with Gasteiger partial charge in [0.1, 0.15) is 0 Å². The van der Waals surface area contributed by atoms with Crippen molar-refractivity contribution in [1.82, 2.24) is 4.58 Å². The Hall–Kier alpha value is -0.930. The van der Waals surface area contributed by atoms with Crippen LogP contribution in [0.15, 0.2) is 0 Å². The number of hydrogen-bond donors (Lipinski definition) is 0. The van der Waals surface area contributed by atoms with Gasteiger partial charge in [-0.2, -0.15) is 8.42 Å². The van der Waals surface area contributed by atoms with Crippen molar-refractivity contribution in [3.8, 4) is 0 Å². The zero-order valence-electron chi connectivity index (χ0n) is 6.46. The van der Waals surface area contributed by atoms with Gasteiger partial charge >= 0.3 is 10.3 Å². The fourth-order valence-electron chi connectivity index (χ4n) is 0.434. The molecule has 0 aliphatic rings. The van der Waals surface area contributed by atoms with Crippen LogP contribution < -0.4 is 0 Å². The molecule has 0 N–H and O–H groups in total. The summed E-state index contributed by atoms with van der Waals surface area (Å²) in [7, 11) is -3.56. The summed E-state index contributed by atoms with van der Waals surface area (Å²) in [5.74, 6) is 0. The van der Waals surface area contributed by atoms with Gasteiger partial charge in [-0.3, -0.25) is 0 Å². The summed E-state index contributed by atoms with van der Waals surface area (Å²) in [6, 6.07) is 0. The van der Waals surface area contributed by atoms with Gasteiger partial charge in [-0.05, 0) is 6.92 Å². The standard InChI is InChI=1S/C3H8N2O6S/c1-3-11-12(8,9)5(10-2)4(6)7/h3H2,1-2H3. The van der Waals surface area contributed by atoms with Crippen LogP contribution in [0.1, 0.15) is 6.92 Å². The Morgan fingerprint density at radius 2 is 2.08 bits per heavy atom. The number of hydrogen-bond acceptors (Lipinski definition) is 6. The first-order valence-electron chi connectivity index (χ1n) is 2.83. The van der Waals surface area contributed by atoms with E-state index in [0.717, 1.165) is 7.11 Å². The zero-order valence-corrected chi connectivity index (χ0v) is 7.28. The number of hydrazine groups is 1. The van der Waals surface area contributed by atoms with Gasteiger partial charge in [0.05, 0.1) is 13.7 Å². The first kappa shape index (κ1) is 11.1. The lowest BCUT2D eigenvalue weighted by atomic mass is 10.9. The third kappa shape index (κ3) is 2.60. The summed E-state index contributed by atoms with van der Waals surface area (Å²) >= 11 is 0. The third-order valence-corrected chi connectivity index (χ3v) is 1.95. The molecule has 0 aromatic rings. The highest BCUT2D eigenvalue weighted by Crippen LogP contribution is 2.02. The van der Waals surface area contributed by atoms with Crippen molar-refractivity contribution in [2.75, 3.05) is 13.7 Å². The zero-order chi connectivity index (χ0) is 9.78. The molecule has 0 aromatic heterocycles. The topological polar surface area (TPSA) is 99.0 Å². The van der Waals surface area contributed by atoms with Gasteiger partial charge < -0.3 is 0 Å². The van der Waals surface area contributed by atoms with Crippen molar-refractivity contribution in [2.24, 2.45) is 0 Å². The van der Waals surface area contributed by atoms with Crippen molar-refractivity contribution in [2.45, 2.75) is 6.92 Å². The Balaban J connectivity index is 4.61. The third-order valence-electron chi connectivity index (χ3n) is 0.748. The number of nitrogens with zero attached hydrogens (tertiary/aromatic N) is 2. The Morgan fingerprint density at radius 1 is 1.58 bits per heavy atom. The molecule has 0 unspecified atom stereocenters. The molecule has 72 valence electrons. The van der Waals surface area contributed by atoms with Gasteiger partial charge in [-0.15, -0.1) is 0 Å². The van der Waals surface area contributed by atoms with Crippen LogP contribution >= 0.6 is 0 Å². The second-order valence-electron chi connectivity index (χ2n) is 1.49. The smallest absolute Gasteiger partial charge is 0.249 e. The molecule has 0 aromatic carbocycles. The van der Waals surface area contributed by atoms with Gasteiger partial charge in [0.2, 0.25) is 5.03 Å². The molecule has 0 aliphatic heterocycles. The minimum atomic E-state index is -4.41. The van der Waals surface area contributed by atoms with E-state index in [0.29, 0.717) is 0 Å². The predicted octanol–water partition coefficient (Wildman–Crippen LogP) is -0.677. The van der Waals surface area contributed by atoms with Crippen molar-refractivity contribution in [3.63, 3.8) is 0 Å². The van der Waals surface area contributed by atoms with Crippen LogP contribution in [0.3, 0.4) is 0 Å². The van der Waals surface area contributed by atoms with Crippen molar-refractivity contribution >= 4 is 10.3 Å². The highest BCUT2D eigenvalue weighted by molar-refractivity contribution is 7.84. The Bertz CT molecular complexity index is 248. The van der Waals surface area contributed by atoms with Crippen LogP contribution in [0.2, 0.25) is 0 Å². The van der Waals surface area contributed by atoms with E-state index in [1.54, 1.807) is 0 Å². The first-order chi connectivity index (χ1) is 5.45. The molecule has 0 saturated heterocycles. The molecule has 9 heteroatoms. The highest BCUT2D eigenvalue weighted by Gasteiger charge is 2.32. The van der Waals surface area contributed by atoms with Crippen LogP contribution in [0.4, 0.5) is 0 Å². The number of rotatable bonds is 5. The Morgan fingerprint density at radius 3 is 2.33 bits per heavy atom. The Labute approximate surface area is 69.0 Å². The van der Waals surface area contributed by atoms with Crippen molar-refractivity contribution in [3.05, 3.63) is 10.1 Å². The van der Waals surface area contributed by atoms with E-state index in [1.165, 1.54) is 6.92 Å². The van der Waals surface area contributed by atoms with Gasteiger partial charge in [-0.25, -0.2) is 19.1 Å². The van der Waals surface area contributed by atoms with E-state index >= 15 is 0 Å². The summed E-state index contributed by atoms with van der Waals surface area (Å²) in [5.41, 5.74) is 0. The molecule has 0 rings (SSSR count). The first-order valence-corrected chi connectivity index (χ1v) is 4.20. The predicted molar refractivity (Wildman–Crippen MR) is 36.4 cm³/mol. The molecule has 0 spiro atoms. The average Bonchev–Trinajstić information content (AvgIpc) is 1.86. The van der Waals surface area contributed by atoms with Gasteiger partial charge in [0, 0.05) is 0 Å². The molecule has 0 aliphatic carbocycles. The summed E-state index contributed by atoms with van der Waals surface area (Å²) < 4.78 is 25.1. The summed E-state index contributed by atoms with van der Waals surface area (Å²) in [6.45, 7) is 1.18. The average molecular weight is 200 g/mol. The molecular weight excluding hydrogens is 192 g/mol. The maximum absolute atomic E-state index is 10.7. The summed E-state index contributed by atoms with van der Waals surface area (Å²) in [6.07, 6.45) is 0. The molecule has 0 saturated carbocycles. The normalized spacial score (nSPS) is 11.2. The van der Waals surface area contributed by atoms with E-state index in [9.17, 15) is 18.5 Å². The minimum Gasteiger partial charge on any atom is -0.249 e. The molecule has 8 nitrogen and oxygen atoms in total. The van der Waals surface area contributed by atoms with Crippen LogP contribution in [0, 0.1) is 10.1 Å². The van der Waals surface area contributed by atoms with Crippen molar-refractivity contribution in [1.29, 1.82) is 0 Å². The monoisotopic (exact) mass is 200 g/mol. The highest BCUT2D eigenvalue weighted by atomic mass is 32.2. The van der Waals surface area contributed by atoms with Gasteiger partial charge in [0.15, 0.2) is 4.58 Å². The maximum Gasteiger partial charge on any atom is 0.438 e. The van der Waals surface area contributed by atoms with E-state index in [4.69, 9.17) is 0 Å². The summed E-state index contributed by atoms with van der Waals surface area (Å²) in [5, 5.41) is 8.75. The van der Waals surface area contributed by atoms with Crippen LogP contribution in [0.5, 0.6) is 0 Å². The largest absolute Gasteiger partial charge is 0.438 e. The summed E-state index contributed by atoms with van der Waals surface area (Å²) in [4.78, 5) is 13.9. The molecule has 0 radical (unpaired) electrons. The van der Waals surface area contributed by atoms with E-state index < -0.39 is 19.9 Å². The maximum atomic E-state index is 10.7. The van der Waals surface area contributed by atoms with Crippen LogP contribution in [-0.4, -0.2) is 31.7 Å². The molecule has 12 heavy (non-hydrogen) atoms. The van der Waals surface area contributed by atoms with Crippen LogP contribution in [-0.2, 0) is 19.3 Å². The van der Waals surface area contributed by atoms with E-state index in [1.807, 2.05) is 0 Å². The second-order valence-corrected chi connectivity index (χ2v) is 2.90. The lowest BCUT2D eigenvalue weighted by molar-refractivity contribution is -0.693. The van der Waals surface area contributed by atoms with E-state index in [-0.39, 0.29) is 6.61 Å². The van der Waals surface area contributed by atoms with Crippen LogP contribution in [0.25, 0.3) is 0 Å². The van der Waals surface area contributed by atoms with E-state index in [2.05, 4.69) is 9.02 Å². The molecule has 0 fully saturated rings. The fourth-order valence-corrected chi connectivity index (χ4v) is 1.17. The number of nitro groups is 1. The van der Waals surface area contributed by atoms with Gasteiger partial charge in [-0.1, -0.05) is 0 Å². The molecule has 0 amide bonds. The molecule has 0 heterocycles. The fraction of sp³-hybridized carbons (Fsp3) is 1.00. The lowest BCUT2D eigenvalue weighted by Gasteiger charge is -2.08. The van der Waals surface area contributed by atoms with Gasteiger partial charge in [0.25, 0.3) is 0 Å². The molecule has 0 bridgehead atoms. The second kappa shape index (κ2) is 4.18. The molecular formula is C3H8N2O6S. The quantitative estimate of drug-likeness (QED) is 0.430. The minimum absolute atomic E-state index is 0.198. The molecule has 0 atom stereocenters. The SMILES string of the molecule is CCOS(=O)(=O)N(OC)[N+](=O)[O-]. The lowest BCUT2D eigenvalue weighted by Crippen LogP contribution is -2.36. The van der Waals surface area contributed by atoms with Crippen molar-refractivity contribution < 1.29 is 22.5 Å². The Kier molecular flexibility index (Phi) is 3.86.